The second-order valence-corrected chi connectivity index (χ2v) is 10.8. The Morgan fingerprint density at radius 2 is 0.537 bits per heavy atom. The van der Waals surface area contributed by atoms with Gasteiger partial charge in [0.2, 0.25) is 0 Å². The molecule has 8 heteroatoms. The molecule has 0 aliphatic heterocycles. The van der Waals surface area contributed by atoms with Crippen molar-refractivity contribution in [1.82, 2.24) is 0 Å². The summed E-state index contributed by atoms with van der Waals surface area (Å²) in [6.07, 6.45) is 19.6. The quantitative estimate of drug-likeness (QED) is 0.0714. The summed E-state index contributed by atoms with van der Waals surface area (Å²) in [5.74, 6) is 0. The Balaban J connectivity index is 3.03. The Bertz CT molecular complexity index is 453. The summed E-state index contributed by atoms with van der Waals surface area (Å²) in [4.78, 5) is 0. The van der Waals surface area contributed by atoms with Crippen LogP contribution >= 0.6 is 0 Å². The van der Waals surface area contributed by atoms with Crippen LogP contribution in [0.4, 0.5) is 0 Å². The highest BCUT2D eigenvalue weighted by Crippen LogP contribution is 2.12. The summed E-state index contributed by atoms with van der Waals surface area (Å²) < 4.78 is 44.0. The van der Waals surface area contributed by atoms with Crippen LogP contribution in [0, 0.1) is 0 Å². The highest BCUT2D eigenvalue weighted by molar-refractivity contribution is 4.49. The van der Waals surface area contributed by atoms with Gasteiger partial charge in [0.15, 0.2) is 0 Å². The van der Waals surface area contributed by atoms with Crippen LogP contribution < -0.4 is 0 Å². The highest BCUT2D eigenvalue weighted by atomic mass is 16.6. The molecule has 0 fully saturated rings. The molecular formula is C33H68O8. The van der Waals surface area contributed by atoms with E-state index in [1.165, 1.54) is 83.5 Å². The first-order valence-electron chi connectivity index (χ1n) is 16.9. The molecule has 41 heavy (non-hydrogen) atoms. The molecule has 8 nitrogen and oxygen atoms in total. The third-order valence-corrected chi connectivity index (χ3v) is 6.55. The summed E-state index contributed by atoms with van der Waals surface area (Å²) in [6, 6.07) is 0. The molecule has 0 atom stereocenters. The van der Waals surface area contributed by atoms with Gasteiger partial charge in [-0.1, -0.05) is 90.4 Å². The Hall–Kier alpha value is -0.320. The lowest BCUT2D eigenvalue weighted by molar-refractivity contribution is -0.0256. The van der Waals surface area contributed by atoms with Gasteiger partial charge in [-0.05, 0) is 20.3 Å². The van der Waals surface area contributed by atoms with Crippen LogP contribution in [-0.2, 0) is 37.9 Å². The topological polar surface area (TPSA) is 73.8 Å². The Kier molecular flexibility index (Phi) is 37.4. The smallest absolute Gasteiger partial charge is 0.0703 e. The molecule has 0 aliphatic carbocycles. The molecule has 248 valence electrons. The summed E-state index contributed by atoms with van der Waals surface area (Å²) >= 11 is 0. The van der Waals surface area contributed by atoms with Crippen molar-refractivity contribution in [1.29, 1.82) is 0 Å². The molecule has 0 saturated heterocycles. The average Bonchev–Trinajstić information content (AvgIpc) is 2.97. The minimum Gasteiger partial charge on any atom is -0.379 e. The van der Waals surface area contributed by atoms with E-state index in [-0.39, 0.29) is 6.10 Å². The standard InChI is InChI=1S/C33H68O8/c1-4-5-6-7-8-9-10-11-12-13-14-15-16-17-18-34-19-20-35-21-22-36-23-24-37-25-26-38-27-28-39-29-30-40-31-32-41-33(2)3/h33H,4-32H2,1-3H3. The zero-order valence-electron chi connectivity index (χ0n) is 27.3. The molecule has 0 amide bonds. The largest absolute Gasteiger partial charge is 0.379 e. The molecule has 0 bridgehead atoms. The van der Waals surface area contributed by atoms with Gasteiger partial charge in [0.1, 0.15) is 0 Å². The minimum absolute atomic E-state index is 0.243. The van der Waals surface area contributed by atoms with E-state index in [1.54, 1.807) is 0 Å². The Morgan fingerprint density at radius 1 is 0.293 bits per heavy atom. The first kappa shape index (κ1) is 40.7. The molecule has 0 spiro atoms. The predicted octanol–water partition coefficient (Wildman–Crippen LogP) is 7.01. The Morgan fingerprint density at radius 3 is 0.829 bits per heavy atom. The lowest BCUT2D eigenvalue weighted by Crippen LogP contribution is -2.15. The second kappa shape index (κ2) is 37.7. The number of unbranched alkanes of at least 4 members (excludes halogenated alkanes) is 13. The van der Waals surface area contributed by atoms with E-state index in [0.717, 1.165) is 13.0 Å². The van der Waals surface area contributed by atoms with Gasteiger partial charge >= 0.3 is 0 Å². The third-order valence-electron chi connectivity index (χ3n) is 6.55. The van der Waals surface area contributed by atoms with E-state index in [1.807, 2.05) is 13.8 Å². The summed E-state index contributed by atoms with van der Waals surface area (Å²) in [5, 5.41) is 0. The van der Waals surface area contributed by atoms with E-state index < -0.39 is 0 Å². The third kappa shape index (κ3) is 39.7. The molecule has 0 aromatic heterocycles. The zero-order valence-corrected chi connectivity index (χ0v) is 27.3. The summed E-state index contributed by atoms with van der Waals surface area (Å²) in [6.45, 7) is 15.3. The normalized spacial score (nSPS) is 11.7. The molecule has 0 aromatic rings. The first-order chi connectivity index (χ1) is 20.3. The van der Waals surface area contributed by atoms with Crippen LogP contribution in [0.1, 0.15) is 111 Å². The minimum atomic E-state index is 0.243. The van der Waals surface area contributed by atoms with E-state index >= 15 is 0 Å². The molecule has 0 saturated carbocycles. The SMILES string of the molecule is CCCCCCCCCCCCCCCCOCCOCCOCCOCCOCCOCCOCCOC(C)C. The monoisotopic (exact) mass is 592 g/mol. The van der Waals surface area contributed by atoms with Crippen LogP contribution in [0.15, 0.2) is 0 Å². The molecule has 0 radical (unpaired) electrons. The van der Waals surface area contributed by atoms with Crippen LogP contribution in [0.25, 0.3) is 0 Å². The van der Waals surface area contributed by atoms with Crippen molar-refractivity contribution in [3.8, 4) is 0 Å². The molecule has 0 N–H and O–H groups in total. The van der Waals surface area contributed by atoms with Gasteiger partial charge in [0.05, 0.1) is 98.6 Å². The zero-order chi connectivity index (χ0) is 29.7. The van der Waals surface area contributed by atoms with Crippen LogP contribution in [0.3, 0.4) is 0 Å². The number of ether oxygens (including phenoxy) is 8. The number of hydrogen-bond donors (Lipinski definition) is 0. The molecule has 0 heterocycles. The fourth-order valence-corrected chi connectivity index (χ4v) is 4.16. The summed E-state index contributed by atoms with van der Waals surface area (Å²) in [5.41, 5.74) is 0. The molecule has 0 unspecified atom stereocenters. The van der Waals surface area contributed by atoms with Crippen LogP contribution in [-0.4, -0.2) is 105 Å². The molecule has 0 aromatic carbocycles. The van der Waals surface area contributed by atoms with Crippen molar-refractivity contribution in [2.45, 2.75) is 117 Å². The number of rotatable bonds is 37. The van der Waals surface area contributed by atoms with Gasteiger partial charge in [-0.3, -0.25) is 0 Å². The van der Waals surface area contributed by atoms with E-state index in [2.05, 4.69) is 6.92 Å². The molecule has 0 aliphatic rings. The van der Waals surface area contributed by atoms with E-state index in [0.29, 0.717) is 92.5 Å². The first-order valence-corrected chi connectivity index (χ1v) is 16.9. The van der Waals surface area contributed by atoms with Crippen molar-refractivity contribution in [2.24, 2.45) is 0 Å². The second-order valence-electron chi connectivity index (χ2n) is 10.8. The molecular weight excluding hydrogens is 524 g/mol. The van der Waals surface area contributed by atoms with Crippen molar-refractivity contribution in [2.75, 3.05) is 99.1 Å². The van der Waals surface area contributed by atoms with E-state index in [4.69, 9.17) is 37.9 Å². The summed E-state index contributed by atoms with van der Waals surface area (Å²) in [7, 11) is 0. The van der Waals surface area contributed by atoms with Gasteiger partial charge in [0, 0.05) is 6.61 Å². The van der Waals surface area contributed by atoms with Crippen molar-refractivity contribution in [3.63, 3.8) is 0 Å². The van der Waals surface area contributed by atoms with Gasteiger partial charge in [0.25, 0.3) is 0 Å². The number of hydrogen-bond acceptors (Lipinski definition) is 8. The van der Waals surface area contributed by atoms with Crippen LogP contribution in [0.5, 0.6) is 0 Å². The highest BCUT2D eigenvalue weighted by Gasteiger charge is 1.97. The van der Waals surface area contributed by atoms with Crippen molar-refractivity contribution < 1.29 is 37.9 Å². The van der Waals surface area contributed by atoms with E-state index in [9.17, 15) is 0 Å². The van der Waals surface area contributed by atoms with Crippen LogP contribution in [0.2, 0.25) is 0 Å². The van der Waals surface area contributed by atoms with Gasteiger partial charge in [-0.2, -0.15) is 0 Å². The van der Waals surface area contributed by atoms with Crippen molar-refractivity contribution in [3.05, 3.63) is 0 Å². The van der Waals surface area contributed by atoms with Gasteiger partial charge in [-0.15, -0.1) is 0 Å². The average molecular weight is 593 g/mol. The maximum absolute atomic E-state index is 5.67. The lowest BCUT2D eigenvalue weighted by Gasteiger charge is -2.09. The fourth-order valence-electron chi connectivity index (χ4n) is 4.16. The fraction of sp³-hybridized carbons (Fsp3) is 1.00. The molecule has 0 rings (SSSR count). The predicted molar refractivity (Wildman–Crippen MR) is 167 cm³/mol. The lowest BCUT2D eigenvalue weighted by atomic mass is 10.0. The van der Waals surface area contributed by atoms with Crippen molar-refractivity contribution >= 4 is 0 Å². The van der Waals surface area contributed by atoms with Gasteiger partial charge in [-0.25, -0.2) is 0 Å². The maximum Gasteiger partial charge on any atom is 0.0703 e. The maximum atomic E-state index is 5.67. The van der Waals surface area contributed by atoms with Gasteiger partial charge < -0.3 is 37.9 Å². The Labute approximate surface area is 253 Å².